The molecular formula is C28H27Cl3F3N3O4S. The molecule has 42 heavy (non-hydrogen) atoms. The second-order valence-electron chi connectivity index (χ2n) is 9.60. The number of nitrogens with one attached hydrogen (secondary N) is 1. The highest BCUT2D eigenvalue weighted by Gasteiger charge is 2.36. The number of carbonyl (C=O) groups is 2. The number of rotatable bonds is 10. The maximum atomic E-state index is 13.9. The van der Waals surface area contributed by atoms with Gasteiger partial charge in [-0.1, -0.05) is 59.1 Å². The number of sulfonamides is 1. The normalized spacial score (nSPS) is 12.6. The van der Waals surface area contributed by atoms with Crippen LogP contribution in [0.5, 0.6) is 0 Å². The molecule has 3 aromatic rings. The number of anilines is 1. The molecule has 3 rings (SSSR count). The molecule has 0 aliphatic rings. The summed E-state index contributed by atoms with van der Waals surface area (Å²) in [6.45, 7) is 3.72. The van der Waals surface area contributed by atoms with Gasteiger partial charge in [0.25, 0.3) is 10.0 Å². The zero-order valence-corrected chi connectivity index (χ0v) is 25.7. The van der Waals surface area contributed by atoms with E-state index in [0.717, 1.165) is 11.0 Å². The fourth-order valence-corrected chi connectivity index (χ4v) is 5.97. The van der Waals surface area contributed by atoms with Crippen LogP contribution in [0.3, 0.4) is 0 Å². The molecule has 0 spiro atoms. The molecule has 14 heteroatoms. The van der Waals surface area contributed by atoms with Gasteiger partial charge in [-0.05, 0) is 68.8 Å². The Kier molecular flexibility index (Phi) is 10.8. The van der Waals surface area contributed by atoms with E-state index >= 15 is 0 Å². The molecule has 1 N–H and O–H groups in total. The van der Waals surface area contributed by atoms with Gasteiger partial charge in [0.05, 0.1) is 31.2 Å². The minimum atomic E-state index is -4.82. The van der Waals surface area contributed by atoms with E-state index in [1.54, 1.807) is 26.0 Å². The fraction of sp³-hybridized carbons (Fsp3) is 0.286. The van der Waals surface area contributed by atoms with Gasteiger partial charge in [0.1, 0.15) is 12.6 Å². The Hall–Kier alpha value is -2.99. The van der Waals surface area contributed by atoms with Gasteiger partial charge in [0, 0.05) is 12.6 Å². The lowest BCUT2D eigenvalue weighted by Gasteiger charge is -2.32. The van der Waals surface area contributed by atoms with Crippen molar-refractivity contribution in [2.75, 3.05) is 10.8 Å². The summed E-state index contributed by atoms with van der Waals surface area (Å²) in [6.07, 6.45) is -4.82. The van der Waals surface area contributed by atoms with Crippen molar-refractivity contribution in [2.45, 2.75) is 50.5 Å². The second kappa shape index (κ2) is 13.5. The summed E-state index contributed by atoms with van der Waals surface area (Å²) in [7, 11) is -4.62. The SMILES string of the molecule is CC(C)NC(=O)C(C)N(Cc1ccc(Cl)c(Cl)c1)C(=O)CN(c1cc(C(F)(F)F)ccc1Cl)S(=O)(=O)c1ccccc1. The zero-order valence-electron chi connectivity index (χ0n) is 22.6. The molecular weight excluding hydrogens is 638 g/mol. The highest BCUT2D eigenvalue weighted by Crippen LogP contribution is 2.37. The Morgan fingerprint density at radius 2 is 1.50 bits per heavy atom. The molecule has 7 nitrogen and oxygen atoms in total. The lowest BCUT2D eigenvalue weighted by Crippen LogP contribution is -2.52. The lowest BCUT2D eigenvalue weighted by atomic mass is 10.1. The quantitative estimate of drug-likeness (QED) is 0.258. The average Bonchev–Trinajstić information content (AvgIpc) is 2.91. The molecule has 0 fully saturated rings. The maximum absolute atomic E-state index is 13.9. The molecule has 3 aromatic carbocycles. The molecule has 0 aromatic heterocycles. The predicted octanol–water partition coefficient (Wildman–Crippen LogP) is 6.80. The van der Waals surface area contributed by atoms with E-state index in [1.807, 2.05) is 0 Å². The zero-order chi connectivity index (χ0) is 31.4. The first-order chi connectivity index (χ1) is 19.5. The van der Waals surface area contributed by atoms with E-state index in [-0.39, 0.29) is 32.5 Å². The van der Waals surface area contributed by atoms with Crippen LogP contribution in [0.25, 0.3) is 0 Å². The Morgan fingerprint density at radius 3 is 2.07 bits per heavy atom. The molecule has 0 aliphatic heterocycles. The van der Waals surface area contributed by atoms with Crippen molar-refractivity contribution in [1.29, 1.82) is 0 Å². The summed E-state index contributed by atoms with van der Waals surface area (Å²) < 4.78 is 69.0. The minimum Gasteiger partial charge on any atom is -0.352 e. The molecule has 0 saturated carbocycles. The monoisotopic (exact) mass is 663 g/mol. The van der Waals surface area contributed by atoms with E-state index in [2.05, 4.69) is 5.32 Å². The van der Waals surface area contributed by atoms with Gasteiger partial charge in [-0.15, -0.1) is 0 Å². The number of amides is 2. The molecule has 0 aliphatic carbocycles. The number of nitrogens with zero attached hydrogens (tertiary/aromatic N) is 2. The van der Waals surface area contributed by atoms with Crippen molar-refractivity contribution in [3.05, 3.63) is 92.9 Å². The second-order valence-corrected chi connectivity index (χ2v) is 12.7. The van der Waals surface area contributed by atoms with Gasteiger partial charge < -0.3 is 10.2 Å². The Bertz CT molecular complexity index is 1550. The summed E-state index contributed by atoms with van der Waals surface area (Å²) in [5, 5.41) is 2.80. The van der Waals surface area contributed by atoms with Gasteiger partial charge >= 0.3 is 6.18 Å². The average molecular weight is 665 g/mol. The molecule has 1 unspecified atom stereocenters. The van der Waals surface area contributed by atoms with Crippen molar-refractivity contribution in [3.8, 4) is 0 Å². The van der Waals surface area contributed by atoms with Crippen LogP contribution in [0.15, 0.2) is 71.6 Å². The van der Waals surface area contributed by atoms with E-state index < -0.39 is 51.9 Å². The standard InChI is InChI=1S/C28H27Cl3F3N3O4S/c1-17(2)35-27(39)18(3)36(15-19-9-11-22(29)24(31)13-19)26(38)16-37(42(40,41)21-7-5-4-6-8-21)25-14-20(28(32,33)34)10-12-23(25)30/h4-14,17-18H,15-16H2,1-3H3,(H,35,39). The third-order valence-electron chi connectivity index (χ3n) is 6.09. The first-order valence-corrected chi connectivity index (χ1v) is 15.1. The summed E-state index contributed by atoms with van der Waals surface area (Å²) in [4.78, 5) is 27.7. The van der Waals surface area contributed by atoms with Crippen molar-refractivity contribution >= 4 is 62.3 Å². The van der Waals surface area contributed by atoms with Crippen molar-refractivity contribution in [3.63, 3.8) is 0 Å². The van der Waals surface area contributed by atoms with Crippen LogP contribution in [0.4, 0.5) is 18.9 Å². The van der Waals surface area contributed by atoms with E-state index in [4.69, 9.17) is 34.8 Å². The number of carbonyl (C=O) groups excluding carboxylic acids is 2. The van der Waals surface area contributed by atoms with Crippen molar-refractivity contribution in [1.82, 2.24) is 10.2 Å². The van der Waals surface area contributed by atoms with Gasteiger partial charge in [0.2, 0.25) is 11.8 Å². The van der Waals surface area contributed by atoms with Gasteiger partial charge in [-0.2, -0.15) is 13.2 Å². The highest BCUT2D eigenvalue weighted by atomic mass is 35.5. The summed E-state index contributed by atoms with van der Waals surface area (Å²) in [5.74, 6) is -1.42. The smallest absolute Gasteiger partial charge is 0.352 e. The highest BCUT2D eigenvalue weighted by molar-refractivity contribution is 7.92. The Labute approximate surface area is 257 Å². The lowest BCUT2D eigenvalue weighted by molar-refractivity contribution is -0.139. The van der Waals surface area contributed by atoms with Crippen LogP contribution < -0.4 is 9.62 Å². The van der Waals surface area contributed by atoms with Crippen LogP contribution in [0.2, 0.25) is 15.1 Å². The van der Waals surface area contributed by atoms with Crippen molar-refractivity contribution in [2.24, 2.45) is 0 Å². The van der Waals surface area contributed by atoms with E-state index in [9.17, 15) is 31.2 Å². The van der Waals surface area contributed by atoms with Gasteiger partial charge in [0.15, 0.2) is 0 Å². The van der Waals surface area contributed by atoms with Gasteiger partial charge in [-0.25, -0.2) is 8.42 Å². The molecule has 0 radical (unpaired) electrons. The van der Waals surface area contributed by atoms with E-state index in [0.29, 0.717) is 22.0 Å². The van der Waals surface area contributed by atoms with Crippen LogP contribution in [-0.4, -0.2) is 43.8 Å². The molecule has 0 saturated heterocycles. The third-order valence-corrected chi connectivity index (χ3v) is 8.92. The molecule has 2 amide bonds. The minimum absolute atomic E-state index is 0.185. The first kappa shape index (κ1) is 33.5. The fourth-order valence-electron chi connectivity index (χ4n) is 3.94. The number of alkyl halides is 3. The van der Waals surface area contributed by atoms with Crippen LogP contribution in [0, 0.1) is 0 Å². The molecule has 1 atom stereocenters. The third kappa shape index (κ3) is 8.09. The summed E-state index contributed by atoms with van der Waals surface area (Å²) in [6, 6.07) is 12.2. The number of hydrogen-bond donors (Lipinski definition) is 1. The topological polar surface area (TPSA) is 86.8 Å². The van der Waals surface area contributed by atoms with Crippen molar-refractivity contribution < 1.29 is 31.2 Å². The summed E-state index contributed by atoms with van der Waals surface area (Å²) >= 11 is 18.4. The first-order valence-electron chi connectivity index (χ1n) is 12.5. The molecule has 0 heterocycles. The molecule has 0 bridgehead atoms. The van der Waals surface area contributed by atoms with Gasteiger partial charge in [-0.3, -0.25) is 13.9 Å². The van der Waals surface area contributed by atoms with Crippen LogP contribution in [-0.2, 0) is 32.3 Å². The summed E-state index contributed by atoms with van der Waals surface area (Å²) in [5.41, 5.74) is -1.26. The van der Waals surface area contributed by atoms with E-state index in [1.165, 1.54) is 43.3 Å². The maximum Gasteiger partial charge on any atom is 0.416 e. The number of benzene rings is 3. The number of hydrogen-bond acceptors (Lipinski definition) is 4. The van der Waals surface area contributed by atoms with Crippen LogP contribution >= 0.6 is 34.8 Å². The Morgan fingerprint density at radius 1 is 0.881 bits per heavy atom. The van der Waals surface area contributed by atoms with Crippen LogP contribution in [0.1, 0.15) is 31.9 Å². The Balaban J connectivity index is 2.14. The number of halogens is 6. The predicted molar refractivity (Wildman–Crippen MR) is 157 cm³/mol. The molecule has 226 valence electrons. The largest absolute Gasteiger partial charge is 0.416 e.